The second kappa shape index (κ2) is 6.76. The summed E-state index contributed by atoms with van der Waals surface area (Å²) in [7, 11) is -1.67. The molecule has 0 bridgehead atoms. The van der Waals surface area contributed by atoms with E-state index in [2.05, 4.69) is 14.9 Å². The lowest BCUT2D eigenvalue weighted by atomic mass is 10.2. The molecule has 0 spiro atoms. The summed E-state index contributed by atoms with van der Waals surface area (Å²) in [6.45, 7) is 4.12. The number of hydrogen-bond donors (Lipinski definition) is 1. The van der Waals surface area contributed by atoms with Crippen molar-refractivity contribution in [3.63, 3.8) is 0 Å². The highest BCUT2D eigenvalue weighted by molar-refractivity contribution is 7.88. The van der Waals surface area contributed by atoms with Gasteiger partial charge in [-0.3, -0.25) is 0 Å². The molecule has 8 heteroatoms. The topological polar surface area (TPSA) is 76.9 Å². The highest BCUT2D eigenvalue weighted by Crippen LogP contribution is 2.17. The molecule has 0 unspecified atom stereocenters. The van der Waals surface area contributed by atoms with Crippen LogP contribution in [0.15, 0.2) is 24.3 Å². The summed E-state index contributed by atoms with van der Waals surface area (Å²) in [4.78, 5) is 0. The Kier molecular flexibility index (Phi) is 5.20. The molecule has 2 rings (SSSR count). The minimum Gasteiger partial charge on any atom is -0.317 e. The summed E-state index contributed by atoms with van der Waals surface area (Å²) < 4.78 is 28.6. The van der Waals surface area contributed by atoms with E-state index in [0.717, 1.165) is 5.82 Å². The van der Waals surface area contributed by atoms with Crippen LogP contribution in [0.25, 0.3) is 0 Å². The summed E-state index contributed by atoms with van der Waals surface area (Å²) in [6.07, 6.45) is 0. The molecule has 0 saturated carbocycles. The fraction of sp³-hybridized carbons (Fsp3) is 0.429. The van der Waals surface area contributed by atoms with Gasteiger partial charge in [-0.2, -0.15) is 0 Å². The van der Waals surface area contributed by atoms with E-state index in [9.17, 15) is 8.42 Å². The number of sulfonamides is 1. The summed E-state index contributed by atoms with van der Waals surface area (Å²) in [6, 6.07) is 6.89. The van der Waals surface area contributed by atoms with Gasteiger partial charge in [0.1, 0.15) is 11.6 Å². The number of hydrogen-bond acceptors (Lipinski definition) is 4. The maximum atomic E-state index is 12.2. The molecule has 1 aromatic heterocycles. The Hall–Kier alpha value is -1.44. The molecule has 120 valence electrons. The monoisotopic (exact) mass is 342 g/mol. The van der Waals surface area contributed by atoms with Crippen molar-refractivity contribution < 1.29 is 8.42 Å². The van der Waals surface area contributed by atoms with Gasteiger partial charge in [0.2, 0.25) is 10.0 Å². The van der Waals surface area contributed by atoms with Gasteiger partial charge >= 0.3 is 0 Å². The SMILES string of the molecule is CC(C)c1nnc(CNS(=O)(=O)Cc2ccccc2Cl)n1C. The molecule has 0 radical (unpaired) electrons. The van der Waals surface area contributed by atoms with Crippen LogP contribution in [0.1, 0.15) is 37.0 Å². The van der Waals surface area contributed by atoms with E-state index in [4.69, 9.17) is 11.6 Å². The van der Waals surface area contributed by atoms with E-state index in [1.165, 1.54) is 0 Å². The van der Waals surface area contributed by atoms with Gasteiger partial charge < -0.3 is 4.57 Å². The molecule has 0 atom stereocenters. The highest BCUT2D eigenvalue weighted by atomic mass is 35.5. The Bertz CT molecular complexity index is 756. The first kappa shape index (κ1) is 16.9. The molecule has 2 aromatic rings. The summed E-state index contributed by atoms with van der Waals surface area (Å²) >= 11 is 5.99. The lowest BCUT2D eigenvalue weighted by Gasteiger charge is -2.09. The Balaban J connectivity index is 2.06. The van der Waals surface area contributed by atoms with Crippen LogP contribution in [0.3, 0.4) is 0 Å². The lowest BCUT2D eigenvalue weighted by molar-refractivity contribution is 0.575. The van der Waals surface area contributed by atoms with Crippen LogP contribution in [-0.2, 0) is 29.4 Å². The zero-order valence-electron chi connectivity index (χ0n) is 12.7. The van der Waals surface area contributed by atoms with Crippen LogP contribution in [0.2, 0.25) is 5.02 Å². The average molecular weight is 343 g/mol. The first-order valence-corrected chi connectivity index (χ1v) is 8.92. The van der Waals surface area contributed by atoms with E-state index in [1.54, 1.807) is 24.3 Å². The maximum absolute atomic E-state index is 12.2. The van der Waals surface area contributed by atoms with E-state index < -0.39 is 10.0 Å². The molecule has 1 N–H and O–H groups in total. The fourth-order valence-corrected chi connectivity index (χ4v) is 3.47. The molecule has 0 amide bonds. The Labute approximate surface area is 135 Å². The Morgan fingerprint density at radius 2 is 1.95 bits per heavy atom. The number of benzene rings is 1. The second-order valence-corrected chi connectivity index (χ2v) is 7.57. The predicted octanol–water partition coefficient (Wildman–Crippen LogP) is 2.21. The first-order chi connectivity index (χ1) is 10.3. The van der Waals surface area contributed by atoms with E-state index in [0.29, 0.717) is 16.4 Å². The highest BCUT2D eigenvalue weighted by Gasteiger charge is 2.16. The minimum atomic E-state index is -3.50. The maximum Gasteiger partial charge on any atom is 0.216 e. The molecule has 1 heterocycles. The summed E-state index contributed by atoms with van der Waals surface area (Å²) in [5, 5.41) is 8.53. The Morgan fingerprint density at radius 3 is 2.55 bits per heavy atom. The second-order valence-electron chi connectivity index (χ2n) is 5.36. The van der Waals surface area contributed by atoms with E-state index >= 15 is 0 Å². The molecule has 6 nitrogen and oxygen atoms in total. The quantitative estimate of drug-likeness (QED) is 0.873. The molecule has 0 aliphatic heterocycles. The van der Waals surface area contributed by atoms with Crippen molar-refractivity contribution in [2.75, 3.05) is 0 Å². The minimum absolute atomic E-state index is 0.100. The van der Waals surface area contributed by atoms with Gasteiger partial charge in [-0.05, 0) is 11.6 Å². The molecule has 0 fully saturated rings. The van der Waals surface area contributed by atoms with Crippen molar-refractivity contribution >= 4 is 21.6 Å². The van der Waals surface area contributed by atoms with Gasteiger partial charge in [-0.25, -0.2) is 13.1 Å². The van der Waals surface area contributed by atoms with Crippen LogP contribution in [0, 0.1) is 0 Å². The van der Waals surface area contributed by atoms with Crippen molar-refractivity contribution in [1.82, 2.24) is 19.5 Å². The van der Waals surface area contributed by atoms with Crippen molar-refractivity contribution in [2.24, 2.45) is 7.05 Å². The fourth-order valence-electron chi connectivity index (χ4n) is 2.08. The molecule has 1 aromatic carbocycles. The van der Waals surface area contributed by atoms with Gasteiger partial charge in [-0.15, -0.1) is 10.2 Å². The number of halogens is 1. The first-order valence-electron chi connectivity index (χ1n) is 6.89. The number of nitrogens with zero attached hydrogens (tertiary/aromatic N) is 3. The van der Waals surface area contributed by atoms with Gasteiger partial charge in [0.15, 0.2) is 0 Å². The molecule has 0 saturated heterocycles. The lowest BCUT2D eigenvalue weighted by Crippen LogP contribution is -2.26. The standard InChI is InChI=1S/C14H19ClN4O2S/c1-10(2)14-18-17-13(19(14)3)8-16-22(20,21)9-11-6-4-5-7-12(11)15/h4-7,10,16H,8-9H2,1-3H3. The third-order valence-corrected chi connectivity index (χ3v) is 4.91. The largest absolute Gasteiger partial charge is 0.317 e. The Morgan fingerprint density at radius 1 is 1.27 bits per heavy atom. The number of nitrogens with one attached hydrogen (secondary N) is 1. The molecule has 0 aliphatic carbocycles. The van der Waals surface area contributed by atoms with Crippen LogP contribution in [-0.4, -0.2) is 23.2 Å². The van der Waals surface area contributed by atoms with Crippen LogP contribution < -0.4 is 4.72 Å². The van der Waals surface area contributed by atoms with Crippen LogP contribution in [0.5, 0.6) is 0 Å². The smallest absolute Gasteiger partial charge is 0.216 e. The number of aromatic nitrogens is 3. The van der Waals surface area contributed by atoms with Crippen molar-refractivity contribution in [3.05, 3.63) is 46.5 Å². The summed E-state index contributed by atoms with van der Waals surface area (Å²) in [5.74, 6) is 1.46. The van der Waals surface area contributed by atoms with Gasteiger partial charge in [0.05, 0.1) is 12.3 Å². The molecule has 22 heavy (non-hydrogen) atoms. The van der Waals surface area contributed by atoms with Crippen molar-refractivity contribution in [2.45, 2.75) is 32.1 Å². The normalized spacial score (nSPS) is 12.0. The third-order valence-electron chi connectivity index (χ3n) is 3.27. The zero-order chi connectivity index (χ0) is 16.3. The zero-order valence-corrected chi connectivity index (χ0v) is 14.3. The number of rotatable bonds is 6. The van der Waals surface area contributed by atoms with E-state index in [-0.39, 0.29) is 18.2 Å². The van der Waals surface area contributed by atoms with Gasteiger partial charge in [0.25, 0.3) is 0 Å². The van der Waals surface area contributed by atoms with Gasteiger partial charge in [-0.1, -0.05) is 43.6 Å². The molecular weight excluding hydrogens is 324 g/mol. The van der Waals surface area contributed by atoms with Gasteiger partial charge in [0, 0.05) is 18.0 Å². The van der Waals surface area contributed by atoms with Crippen LogP contribution in [0.4, 0.5) is 0 Å². The van der Waals surface area contributed by atoms with Crippen LogP contribution >= 0.6 is 11.6 Å². The van der Waals surface area contributed by atoms with Crippen molar-refractivity contribution in [1.29, 1.82) is 0 Å². The van der Waals surface area contributed by atoms with Crippen molar-refractivity contribution in [3.8, 4) is 0 Å². The predicted molar refractivity (Wildman–Crippen MR) is 86.0 cm³/mol. The average Bonchev–Trinajstić information content (AvgIpc) is 2.80. The third kappa shape index (κ3) is 4.06. The molecule has 0 aliphatic rings. The summed E-state index contributed by atoms with van der Waals surface area (Å²) in [5.41, 5.74) is 0.567. The van der Waals surface area contributed by atoms with E-state index in [1.807, 2.05) is 25.5 Å². The molecular formula is C14H19ClN4O2S.